The van der Waals surface area contributed by atoms with Gasteiger partial charge >= 0.3 is 0 Å². The molecule has 5 heteroatoms. The standard InChI is InChI=1S/C8H7ClN4/c1-6-11-5-13(12-6)8-3-2-7(9)4-10-8/h2-5H,1H3. The molecule has 0 saturated heterocycles. The second kappa shape index (κ2) is 3.14. The summed E-state index contributed by atoms with van der Waals surface area (Å²) in [6, 6.07) is 3.55. The Labute approximate surface area is 80.2 Å². The van der Waals surface area contributed by atoms with Crippen LogP contribution < -0.4 is 0 Å². The van der Waals surface area contributed by atoms with E-state index < -0.39 is 0 Å². The number of hydrogen-bond acceptors (Lipinski definition) is 3. The monoisotopic (exact) mass is 194 g/mol. The average Bonchev–Trinajstić information content (AvgIpc) is 2.53. The fraction of sp³-hybridized carbons (Fsp3) is 0.125. The highest BCUT2D eigenvalue weighted by molar-refractivity contribution is 6.30. The molecule has 2 aromatic rings. The molecule has 0 aromatic carbocycles. The molecule has 0 N–H and O–H groups in total. The molecule has 0 aliphatic rings. The van der Waals surface area contributed by atoms with Crippen LogP contribution in [0.5, 0.6) is 0 Å². The van der Waals surface area contributed by atoms with Crippen LogP contribution in [0.25, 0.3) is 5.82 Å². The first-order valence-corrected chi connectivity index (χ1v) is 4.14. The Morgan fingerprint density at radius 2 is 2.15 bits per heavy atom. The molecule has 2 aromatic heterocycles. The van der Waals surface area contributed by atoms with E-state index in [9.17, 15) is 0 Å². The van der Waals surface area contributed by atoms with Crippen LogP contribution in [-0.4, -0.2) is 19.7 Å². The number of hydrogen-bond donors (Lipinski definition) is 0. The third kappa shape index (κ3) is 1.67. The van der Waals surface area contributed by atoms with Crippen molar-refractivity contribution in [3.05, 3.63) is 35.5 Å². The highest BCUT2D eigenvalue weighted by Gasteiger charge is 1.99. The van der Waals surface area contributed by atoms with Gasteiger partial charge < -0.3 is 0 Å². The van der Waals surface area contributed by atoms with Gasteiger partial charge in [0.15, 0.2) is 5.82 Å². The van der Waals surface area contributed by atoms with Crippen LogP contribution in [0.4, 0.5) is 0 Å². The van der Waals surface area contributed by atoms with Crippen LogP contribution in [0.1, 0.15) is 5.82 Å². The average molecular weight is 195 g/mol. The summed E-state index contributed by atoms with van der Waals surface area (Å²) in [6.45, 7) is 1.83. The lowest BCUT2D eigenvalue weighted by atomic mass is 10.5. The smallest absolute Gasteiger partial charge is 0.155 e. The summed E-state index contributed by atoms with van der Waals surface area (Å²) in [4.78, 5) is 8.08. The summed E-state index contributed by atoms with van der Waals surface area (Å²) in [5.41, 5.74) is 0. The number of aryl methyl sites for hydroxylation is 1. The van der Waals surface area contributed by atoms with E-state index in [2.05, 4.69) is 15.1 Å². The molecule has 0 atom stereocenters. The summed E-state index contributed by atoms with van der Waals surface area (Å²) < 4.78 is 1.60. The number of pyridine rings is 1. The van der Waals surface area contributed by atoms with Crippen LogP contribution in [-0.2, 0) is 0 Å². The molecule has 0 unspecified atom stereocenters. The van der Waals surface area contributed by atoms with Gasteiger partial charge in [0.25, 0.3) is 0 Å². The van der Waals surface area contributed by atoms with Crippen molar-refractivity contribution >= 4 is 11.6 Å². The molecule has 0 amide bonds. The van der Waals surface area contributed by atoms with Crippen LogP contribution in [0, 0.1) is 6.92 Å². The first-order chi connectivity index (χ1) is 6.25. The number of halogens is 1. The molecule has 0 fully saturated rings. The Morgan fingerprint density at radius 1 is 1.31 bits per heavy atom. The third-order valence-corrected chi connectivity index (χ3v) is 1.78. The maximum Gasteiger partial charge on any atom is 0.155 e. The van der Waals surface area contributed by atoms with E-state index in [1.807, 2.05) is 6.92 Å². The molecule has 66 valence electrons. The summed E-state index contributed by atoms with van der Waals surface area (Å²) in [5.74, 6) is 1.43. The second-order valence-corrected chi connectivity index (χ2v) is 3.01. The lowest BCUT2D eigenvalue weighted by molar-refractivity contribution is 0.832. The lowest BCUT2D eigenvalue weighted by Crippen LogP contribution is -1.97. The summed E-state index contributed by atoms with van der Waals surface area (Å²) in [6.07, 6.45) is 3.19. The van der Waals surface area contributed by atoms with Gasteiger partial charge in [-0.25, -0.2) is 14.6 Å². The van der Waals surface area contributed by atoms with Gasteiger partial charge in [-0.2, -0.15) is 5.10 Å². The zero-order chi connectivity index (χ0) is 9.26. The van der Waals surface area contributed by atoms with Crippen LogP contribution in [0.2, 0.25) is 5.02 Å². The van der Waals surface area contributed by atoms with E-state index >= 15 is 0 Å². The van der Waals surface area contributed by atoms with Crippen molar-refractivity contribution in [3.8, 4) is 5.82 Å². The number of aromatic nitrogens is 4. The van der Waals surface area contributed by atoms with Crippen molar-refractivity contribution in [1.29, 1.82) is 0 Å². The Kier molecular flexibility index (Phi) is 1.98. The van der Waals surface area contributed by atoms with E-state index in [1.165, 1.54) is 0 Å². The minimum atomic E-state index is 0.612. The van der Waals surface area contributed by atoms with E-state index in [4.69, 9.17) is 11.6 Å². The fourth-order valence-corrected chi connectivity index (χ4v) is 1.07. The molecule has 0 bridgehead atoms. The molecule has 2 rings (SSSR count). The van der Waals surface area contributed by atoms with E-state index in [0.29, 0.717) is 10.8 Å². The van der Waals surface area contributed by atoms with E-state index in [1.54, 1.807) is 29.3 Å². The molecule has 0 aliphatic heterocycles. The number of rotatable bonds is 1. The van der Waals surface area contributed by atoms with Crippen LogP contribution in [0.15, 0.2) is 24.7 Å². The van der Waals surface area contributed by atoms with Gasteiger partial charge in [-0.15, -0.1) is 0 Å². The fourth-order valence-electron chi connectivity index (χ4n) is 0.960. The molecule has 0 spiro atoms. The third-order valence-electron chi connectivity index (χ3n) is 1.55. The topological polar surface area (TPSA) is 43.6 Å². The predicted octanol–water partition coefficient (Wildman–Crippen LogP) is 1.62. The molecule has 4 nitrogen and oxygen atoms in total. The molecular weight excluding hydrogens is 188 g/mol. The maximum atomic E-state index is 5.70. The Hall–Kier alpha value is -1.42. The van der Waals surface area contributed by atoms with Gasteiger partial charge in [0.05, 0.1) is 5.02 Å². The van der Waals surface area contributed by atoms with Gasteiger partial charge in [-0.05, 0) is 19.1 Å². The molecule has 13 heavy (non-hydrogen) atoms. The summed E-state index contributed by atoms with van der Waals surface area (Å²) in [5, 5.41) is 4.72. The zero-order valence-corrected chi connectivity index (χ0v) is 7.73. The minimum absolute atomic E-state index is 0.612. The predicted molar refractivity (Wildman–Crippen MR) is 48.9 cm³/mol. The lowest BCUT2D eigenvalue weighted by Gasteiger charge is -1.97. The number of nitrogens with zero attached hydrogens (tertiary/aromatic N) is 4. The van der Waals surface area contributed by atoms with Crippen molar-refractivity contribution in [1.82, 2.24) is 19.7 Å². The molecule has 0 radical (unpaired) electrons. The van der Waals surface area contributed by atoms with Crippen molar-refractivity contribution in [2.75, 3.05) is 0 Å². The quantitative estimate of drug-likeness (QED) is 0.693. The SMILES string of the molecule is Cc1ncn(-c2ccc(Cl)cn2)n1. The Morgan fingerprint density at radius 3 is 2.69 bits per heavy atom. The van der Waals surface area contributed by atoms with E-state index in [0.717, 1.165) is 5.82 Å². The van der Waals surface area contributed by atoms with Crippen molar-refractivity contribution in [2.45, 2.75) is 6.92 Å². The normalized spacial score (nSPS) is 10.3. The molecule has 0 saturated carbocycles. The summed E-state index contributed by atoms with van der Waals surface area (Å²) in [7, 11) is 0. The highest BCUT2D eigenvalue weighted by atomic mass is 35.5. The van der Waals surface area contributed by atoms with Gasteiger partial charge in [0.1, 0.15) is 12.2 Å². The largest absolute Gasteiger partial charge is 0.236 e. The minimum Gasteiger partial charge on any atom is -0.236 e. The first kappa shape index (κ1) is 8.19. The molecular formula is C8H7ClN4. The van der Waals surface area contributed by atoms with Crippen molar-refractivity contribution in [2.24, 2.45) is 0 Å². The highest BCUT2D eigenvalue weighted by Crippen LogP contribution is 2.08. The van der Waals surface area contributed by atoms with Crippen molar-refractivity contribution < 1.29 is 0 Å². The van der Waals surface area contributed by atoms with Gasteiger partial charge in [-0.3, -0.25) is 0 Å². The Bertz CT molecular complexity index is 406. The Balaban J connectivity index is 2.41. The summed E-state index contributed by atoms with van der Waals surface area (Å²) >= 11 is 5.70. The van der Waals surface area contributed by atoms with Crippen molar-refractivity contribution in [3.63, 3.8) is 0 Å². The van der Waals surface area contributed by atoms with Gasteiger partial charge in [-0.1, -0.05) is 11.6 Å². The molecule has 0 aliphatic carbocycles. The van der Waals surface area contributed by atoms with E-state index in [-0.39, 0.29) is 0 Å². The van der Waals surface area contributed by atoms with Crippen LogP contribution in [0.3, 0.4) is 0 Å². The second-order valence-electron chi connectivity index (χ2n) is 2.57. The molecule has 2 heterocycles. The maximum absolute atomic E-state index is 5.70. The first-order valence-electron chi connectivity index (χ1n) is 3.76. The van der Waals surface area contributed by atoms with Crippen LogP contribution >= 0.6 is 11.6 Å². The van der Waals surface area contributed by atoms with Gasteiger partial charge in [0.2, 0.25) is 0 Å². The zero-order valence-electron chi connectivity index (χ0n) is 6.98. The van der Waals surface area contributed by atoms with Gasteiger partial charge in [0, 0.05) is 6.20 Å².